The van der Waals surface area contributed by atoms with Gasteiger partial charge in [-0.2, -0.15) is 0 Å². The van der Waals surface area contributed by atoms with E-state index < -0.39 is 0 Å². The molecule has 2 nitrogen and oxygen atoms in total. The summed E-state index contributed by atoms with van der Waals surface area (Å²) in [4.78, 5) is 0.566. The number of hydrogen-bond donors (Lipinski definition) is 1. The molecule has 1 heterocycles. The van der Waals surface area contributed by atoms with Gasteiger partial charge >= 0.3 is 0 Å². The van der Waals surface area contributed by atoms with Crippen molar-refractivity contribution in [1.29, 1.82) is 0 Å². The van der Waals surface area contributed by atoms with Gasteiger partial charge in [0.05, 0.1) is 11.6 Å². The van der Waals surface area contributed by atoms with Gasteiger partial charge in [0.15, 0.2) is 0 Å². The van der Waals surface area contributed by atoms with E-state index in [4.69, 9.17) is 22.7 Å². The maximum atomic E-state index is 5.66. The van der Waals surface area contributed by atoms with Crippen molar-refractivity contribution >= 4 is 17.2 Å². The van der Waals surface area contributed by atoms with E-state index >= 15 is 0 Å². The minimum atomic E-state index is 0.194. The van der Waals surface area contributed by atoms with Gasteiger partial charge in [-0.05, 0) is 12.5 Å². The summed E-state index contributed by atoms with van der Waals surface area (Å²) in [5, 5.41) is 0. The van der Waals surface area contributed by atoms with Crippen molar-refractivity contribution in [3.63, 3.8) is 0 Å². The SMILES string of the molecule is NC(=S)C1CCOc2ccccc21. The van der Waals surface area contributed by atoms with Gasteiger partial charge in [0.1, 0.15) is 5.75 Å². The molecule has 1 aliphatic rings. The Morgan fingerprint density at radius 1 is 1.46 bits per heavy atom. The summed E-state index contributed by atoms with van der Waals surface area (Å²) in [6.07, 6.45) is 0.895. The first kappa shape index (κ1) is 8.51. The Labute approximate surface area is 82.7 Å². The number of para-hydroxylation sites is 1. The van der Waals surface area contributed by atoms with Gasteiger partial charge < -0.3 is 10.5 Å². The molecule has 3 heteroatoms. The van der Waals surface area contributed by atoms with E-state index in [1.165, 1.54) is 0 Å². The average Bonchev–Trinajstić information content (AvgIpc) is 2.17. The molecule has 68 valence electrons. The van der Waals surface area contributed by atoms with Crippen LogP contribution in [0.1, 0.15) is 17.9 Å². The van der Waals surface area contributed by atoms with E-state index in [1.54, 1.807) is 0 Å². The highest BCUT2D eigenvalue weighted by atomic mass is 32.1. The zero-order valence-corrected chi connectivity index (χ0v) is 8.01. The van der Waals surface area contributed by atoms with Crippen LogP contribution in [0.25, 0.3) is 0 Å². The number of thiocarbonyl (C=S) groups is 1. The molecule has 1 aromatic carbocycles. The molecule has 1 unspecified atom stereocenters. The first-order valence-electron chi connectivity index (χ1n) is 4.30. The van der Waals surface area contributed by atoms with Crippen LogP contribution in [0.3, 0.4) is 0 Å². The first-order valence-corrected chi connectivity index (χ1v) is 4.71. The summed E-state index contributed by atoms with van der Waals surface area (Å²) in [5.74, 6) is 1.12. The summed E-state index contributed by atoms with van der Waals surface area (Å²) in [6.45, 7) is 0.707. The zero-order valence-electron chi connectivity index (χ0n) is 7.19. The second kappa shape index (κ2) is 3.34. The Morgan fingerprint density at radius 2 is 2.23 bits per heavy atom. The van der Waals surface area contributed by atoms with Gasteiger partial charge in [-0.1, -0.05) is 30.4 Å². The van der Waals surface area contributed by atoms with Crippen LogP contribution in [0.2, 0.25) is 0 Å². The van der Waals surface area contributed by atoms with Crippen LogP contribution in [0.5, 0.6) is 5.75 Å². The Kier molecular flexibility index (Phi) is 2.19. The van der Waals surface area contributed by atoms with Gasteiger partial charge in [-0.25, -0.2) is 0 Å². The van der Waals surface area contributed by atoms with Crippen molar-refractivity contribution in [2.75, 3.05) is 6.61 Å². The van der Waals surface area contributed by atoms with Crippen molar-refractivity contribution in [2.24, 2.45) is 5.73 Å². The van der Waals surface area contributed by atoms with Gasteiger partial charge in [0.2, 0.25) is 0 Å². The van der Waals surface area contributed by atoms with Crippen molar-refractivity contribution in [1.82, 2.24) is 0 Å². The van der Waals surface area contributed by atoms with E-state index in [0.717, 1.165) is 17.7 Å². The molecule has 0 fully saturated rings. The summed E-state index contributed by atoms with van der Waals surface area (Å²) < 4.78 is 5.49. The highest BCUT2D eigenvalue weighted by Crippen LogP contribution is 2.33. The molecule has 0 aliphatic carbocycles. The van der Waals surface area contributed by atoms with Crippen LogP contribution in [0, 0.1) is 0 Å². The van der Waals surface area contributed by atoms with Crippen LogP contribution in [-0.2, 0) is 0 Å². The second-order valence-electron chi connectivity index (χ2n) is 3.13. The number of ether oxygens (including phenoxy) is 1. The zero-order chi connectivity index (χ0) is 9.26. The summed E-state index contributed by atoms with van der Waals surface area (Å²) >= 11 is 5.01. The predicted molar refractivity (Wildman–Crippen MR) is 56.1 cm³/mol. The van der Waals surface area contributed by atoms with Gasteiger partial charge in [0, 0.05) is 11.5 Å². The molecule has 1 aliphatic heterocycles. The number of benzene rings is 1. The van der Waals surface area contributed by atoms with Crippen LogP contribution < -0.4 is 10.5 Å². The first-order chi connectivity index (χ1) is 6.29. The van der Waals surface area contributed by atoms with Crippen LogP contribution in [-0.4, -0.2) is 11.6 Å². The van der Waals surface area contributed by atoms with Crippen LogP contribution in [0.15, 0.2) is 24.3 Å². The van der Waals surface area contributed by atoms with Crippen LogP contribution >= 0.6 is 12.2 Å². The molecule has 0 saturated heterocycles. The summed E-state index contributed by atoms with van der Waals surface area (Å²) in [7, 11) is 0. The molecule has 2 N–H and O–H groups in total. The molecule has 0 saturated carbocycles. The number of nitrogens with two attached hydrogens (primary N) is 1. The standard InChI is InChI=1S/C10H11NOS/c11-10(13)8-5-6-12-9-4-2-1-3-7(8)9/h1-4,8H,5-6H2,(H2,11,13). The van der Waals surface area contributed by atoms with Crippen molar-refractivity contribution in [3.05, 3.63) is 29.8 Å². The fourth-order valence-electron chi connectivity index (χ4n) is 1.64. The van der Waals surface area contributed by atoms with E-state index in [1.807, 2.05) is 24.3 Å². The molecule has 1 aromatic rings. The third-order valence-electron chi connectivity index (χ3n) is 2.30. The number of fused-ring (bicyclic) bond motifs is 1. The third-order valence-corrected chi connectivity index (χ3v) is 2.59. The normalized spacial score (nSPS) is 20.2. The molecule has 1 atom stereocenters. The molecule has 0 aromatic heterocycles. The van der Waals surface area contributed by atoms with E-state index in [-0.39, 0.29) is 5.92 Å². The van der Waals surface area contributed by atoms with Gasteiger partial charge in [-0.3, -0.25) is 0 Å². The highest BCUT2D eigenvalue weighted by molar-refractivity contribution is 7.80. The average molecular weight is 193 g/mol. The third kappa shape index (κ3) is 1.52. The maximum Gasteiger partial charge on any atom is 0.123 e. The quantitative estimate of drug-likeness (QED) is 0.691. The molecule has 13 heavy (non-hydrogen) atoms. The van der Waals surface area contributed by atoms with Crippen molar-refractivity contribution < 1.29 is 4.74 Å². The monoisotopic (exact) mass is 193 g/mol. The second-order valence-corrected chi connectivity index (χ2v) is 3.60. The molecule has 0 amide bonds. The van der Waals surface area contributed by atoms with E-state index in [0.29, 0.717) is 11.6 Å². The predicted octanol–water partition coefficient (Wildman–Crippen LogP) is 1.84. The summed E-state index contributed by atoms with van der Waals surface area (Å²) in [5.41, 5.74) is 6.78. The number of rotatable bonds is 1. The topological polar surface area (TPSA) is 35.2 Å². The Balaban J connectivity index is 2.42. The lowest BCUT2D eigenvalue weighted by Gasteiger charge is -2.24. The molecular weight excluding hydrogens is 182 g/mol. The Morgan fingerprint density at radius 3 is 3.00 bits per heavy atom. The lowest BCUT2D eigenvalue weighted by molar-refractivity contribution is 0.282. The smallest absolute Gasteiger partial charge is 0.123 e. The minimum absolute atomic E-state index is 0.194. The lowest BCUT2D eigenvalue weighted by atomic mass is 9.93. The molecule has 0 spiro atoms. The Hall–Kier alpha value is -1.09. The Bertz CT molecular complexity index is 337. The van der Waals surface area contributed by atoms with Gasteiger partial charge in [0.25, 0.3) is 0 Å². The van der Waals surface area contributed by atoms with Crippen LogP contribution in [0.4, 0.5) is 0 Å². The highest BCUT2D eigenvalue weighted by Gasteiger charge is 2.22. The lowest BCUT2D eigenvalue weighted by Crippen LogP contribution is -2.25. The minimum Gasteiger partial charge on any atom is -0.493 e. The molecule has 2 rings (SSSR count). The molecule has 0 bridgehead atoms. The van der Waals surface area contributed by atoms with E-state index in [9.17, 15) is 0 Å². The number of hydrogen-bond acceptors (Lipinski definition) is 2. The van der Waals surface area contributed by atoms with Crippen molar-refractivity contribution in [2.45, 2.75) is 12.3 Å². The molecule has 0 radical (unpaired) electrons. The maximum absolute atomic E-state index is 5.66. The van der Waals surface area contributed by atoms with Crippen molar-refractivity contribution in [3.8, 4) is 5.75 Å². The van der Waals surface area contributed by atoms with E-state index in [2.05, 4.69) is 0 Å². The fraction of sp³-hybridized carbons (Fsp3) is 0.300. The summed E-state index contributed by atoms with van der Waals surface area (Å²) in [6, 6.07) is 7.93. The fourth-order valence-corrected chi connectivity index (χ4v) is 1.88. The molecular formula is C10H11NOS. The largest absolute Gasteiger partial charge is 0.493 e. The van der Waals surface area contributed by atoms with Gasteiger partial charge in [-0.15, -0.1) is 0 Å².